The molecule has 3 rings (SSSR count). The normalized spacial score (nSPS) is 20.5. The summed E-state index contributed by atoms with van der Waals surface area (Å²) in [5, 5.41) is 3.22. The number of amides is 1. The zero-order valence-corrected chi connectivity index (χ0v) is 14.3. The van der Waals surface area contributed by atoms with Gasteiger partial charge < -0.3 is 10.2 Å². The van der Waals surface area contributed by atoms with E-state index in [1.54, 1.807) is 0 Å². The van der Waals surface area contributed by atoms with Crippen molar-refractivity contribution in [3.8, 4) is 0 Å². The molecule has 1 aliphatic heterocycles. The van der Waals surface area contributed by atoms with Crippen molar-refractivity contribution in [2.75, 3.05) is 37.6 Å². The molecule has 1 saturated carbocycles. The Balaban J connectivity index is 1.42. The molecule has 0 bridgehead atoms. The summed E-state index contributed by atoms with van der Waals surface area (Å²) in [5.41, 5.74) is 2.60. The van der Waals surface area contributed by atoms with Crippen LogP contribution in [0, 0.1) is 6.92 Å². The number of anilines is 1. The molecule has 1 N–H and O–H groups in total. The summed E-state index contributed by atoms with van der Waals surface area (Å²) in [7, 11) is 0. The Kier molecular flexibility index (Phi) is 5.55. The molecule has 1 aromatic carbocycles. The summed E-state index contributed by atoms with van der Waals surface area (Å²) in [4.78, 5) is 16.9. The molecule has 2 aliphatic rings. The van der Waals surface area contributed by atoms with Crippen LogP contribution < -0.4 is 10.2 Å². The zero-order valence-electron chi connectivity index (χ0n) is 14.3. The molecule has 2 fully saturated rings. The van der Waals surface area contributed by atoms with Crippen LogP contribution in [0.15, 0.2) is 24.3 Å². The zero-order chi connectivity index (χ0) is 16.1. The largest absolute Gasteiger partial charge is 0.369 e. The molecular formula is C19H29N3O. The molecule has 1 aromatic rings. The Labute approximate surface area is 139 Å². The van der Waals surface area contributed by atoms with Crippen molar-refractivity contribution in [2.24, 2.45) is 0 Å². The van der Waals surface area contributed by atoms with Gasteiger partial charge in [-0.05, 0) is 37.5 Å². The van der Waals surface area contributed by atoms with Crippen molar-refractivity contribution in [3.05, 3.63) is 29.8 Å². The fourth-order valence-electron chi connectivity index (χ4n) is 3.71. The third-order valence-corrected chi connectivity index (χ3v) is 5.08. The number of hydrogen-bond acceptors (Lipinski definition) is 3. The van der Waals surface area contributed by atoms with Gasteiger partial charge in [-0.2, -0.15) is 0 Å². The number of hydrogen-bond donors (Lipinski definition) is 1. The fraction of sp³-hybridized carbons (Fsp3) is 0.632. The van der Waals surface area contributed by atoms with E-state index in [2.05, 4.69) is 46.3 Å². The summed E-state index contributed by atoms with van der Waals surface area (Å²) >= 11 is 0. The van der Waals surface area contributed by atoms with E-state index in [1.807, 2.05) is 0 Å². The van der Waals surface area contributed by atoms with E-state index in [4.69, 9.17) is 0 Å². The van der Waals surface area contributed by atoms with E-state index in [-0.39, 0.29) is 5.91 Å². The SMILES string of the molecule is Cc1cccc(N2CCN(CC(=O)NC3CCCCC3)CC2)c1. The topological polar surface area (TPSA) is 35.6 Å². The van der Waals surface area contributed by atoms with Gasteiger partial charge >= 0.3 is 0 Å². The Morgan fingerprint density at radius 2 is 1.87 bits per heavy atom. The number of carbonyl (C=O) groups is 1. The summed E-state index contributed by atoms with van der Waals surface area (Å²) in [6, 6.07) is 9.10. The lowest BCUT2D eigenvalue weighted by Crippen LogP contribution is -2.50. The number of rotatable bonds is 4. The van der Waals surface area contributed by atoms with E-state index in [0.717, 1.165) is 39.0 Å². The predicted octanol–water partition coefficient (Wildman–Crippen LogP) is 2.57. The minimum atomic E-state index is 0.209. The molecule has 4 nitrogen and oxygen atoms in total. The van der Waals surface area contributed by atoms with Crippen molar-refractivity contribution >= 4 is 11.6 Å². The van der Waals surface area contributed by atoms with E-state index in [9.17, 15) is 4.79 Å². The minimum Gasteiger partial charge on any atom is -0.369 e. The molecule has 0 spiro atoms. The highest BCUT2D eigenvalue weighted by molar-refractivity contribution is 5.78. The van der Waals surface area contributed by atoms with Crippen molar-refractivity contribution in [1.82, 2.24) is 10.2 Å². The maximum atomic E-state index is 12.2. The number of piperazine rings is 1. The molecule has 1 aliphatic carbocycles. The molecular weight excluding hydrogens is 286 g/mol. The van der Waals surface area contributed by atoms with Crippen LogP contribution in [0.1, 0.15) is 37.7 Å². The highest BCUT2D eigenvalue weighted by atomic mass is 16.2. The molecule has 0 radical (unpaired) electrons. The van der Waals surface area contributed by atoms with Gasteiger partial charge in [0, 0.05) is 37.9 Å². The molecule has 1 amide bonds. The van der Waals surface area contributed by atoms with E-state index >= 15 is 0 Å². The average Bonchev–Trinajstić information content (AvgIpc) is 2.56. The average molecular weight is 315 g/mol. The summed E-state index contributed by atoms with van der Waals surface area (Å²) < 4.78 is 0. The van der Waals surface area contributed by atoms with Gasteiger partial charge in [-0.25, -0.2) is 0 Å². The van der Waals surface area contributed by atoms with Gasteiger partial charge in [0.2, 0.25) is 5.91 Å². The molecule has 0 unspecified atom stereocenters. The van der Waals surface area contributed by atoms with Crippen LogP contribution in [0.4, 0.5) is 5.69 Å². The van der Waals surface area contributed by atoms with E-state index < -0.39 is 0 Å². The Bertz CT molecular complexity index is 517. The van der Waals surface area contributed by atoms with E-state index in [0.29, 0.717) is 12.6 Å². The molecule has 0 aromatic heterocycles. The maximum absolute atomic E-state index is 12.2. The predicted molar refractivity (Wildman–Crippen MR) is 94.8 cm³/mol. The van der Waals surface area contributed by atoms with E-state index in [1.165, 1.54) is 30.5 Å². The molecule has 1 heterocycles. The van der Waals surface area contributed by atoms with Crippen LogP contribution in [-0.2, 0) is 4.79 Å². The maximum Gasteiger partial charge on any atom is 0.234 e. The number of aryl methyl sites for hydroxylation is 1. The number of carbonyl (C=O) groups excluding carboxylic acids is 1. The molecule has 0 atom stereocenters. The van der Waals surface area contributed by atoms with Crippen molar-refractivity contribution in [1.29, 1.82) is 0 Å². The number of nitrogens with zero attached hydrogens (tertiary/aromatic N) is 2. The third-order valence-electron chi connectivity index (χ3n) is 5.08. The lowest BCUT2D eigenvalue weighted by molar-refractivity contribution is -0.123. The summed E-state index contributed by atoms with van der Waals surface area (Å²) in [6.07, 6.45) is 6.17. The van der Waals surface area contributed by atoms with Crippen LogP contribution in [0.5, 0.6) is 0 Å². The minimum absolute atomic E-state index is 0.209. The van der Waals surface area contributed by atoms with Crippen molar-refractivity contribution in [2.45, 2.75) is 45.1 Å². The van der Waals surface area contributed by atoms with Gasteiger partial charge in [-0.15, -0.1) is 0 Å². The van der Waals surface area contributed by atoms with Gasteiger partial charge in [0.05, 0.1) is 6.54 Å². The second-order valence-corrected chi connectivity index (χ2v) is 7.00. The highest BCUT2D eigenvalue weighted by Crippen LogP contribution is 2.18. The van der Waals surface area contributed by atoms with Crippen LogP contribution in [0.2, 0.25) is 0 Å². The number of benzene rings is 1. The monoisotopic (exact) mass is 315 g/mol. The lowest BCUT2D eigenvalue weighted by Gasteiger charge is -2.36. The Morgan fingerprint density at radius 1 is 1.13 bits per heavy atom. The van der Waals surface area contributed by atoms with Crippen molar-refractivity contribution in [3.63, 3.8) is 0 Å². The van der Waals surface area contributed by atoms with Gasteiger partial charge in [0.15, 0.2) is 0 Å². The summed E-state index contributed by atoms with van der Waals surface area (Å²) in [6.45, 7) is 6.62. The Morgan fingerprint density at radius 3 is 2.57 bits per heavy atom. The second-order valence-electron chi connectivity index (χ2n) is 7.00. The highest BCUT2D eigenvalue weighted by Gasteiger charge is 2.21. The first-order chi connectivity index (χ1) is 11.2. The molecule has 23 heavy (non-hydrogen) atoms. The van der Waals surface area contributed by atoms with Gasteiger partial charge in [-0.1, -0.05) is 31.4 Å². The van der Waals surface area contributed by atoms with Gasteiger partial charge in [0.25, 0.3) is 0 Å². The fourth-order valence-corrected chi connectivity index (χ4v) is 3.71. The first kappa shape index (κ1) is 16.3. The first-order valence-electron chi connectivity index (χ1n) is 9.04. The van der Waals surface area contributed by atoms with Crippen LogP contribution >= 0.6 is 0 Å². The molecule has 1 saturated heterocycles. The Hall–Kier alpha value is -1.55. The first-order valence-corrected chi connectivity index (χ1v) is 9.04. The summed E-state index contributed by atoms with van der Waals surface area (Å²) in [5.74, 6) is 0.209. The van der Waals surface area contributed by atoms with Crippen LogP contribution in [0.25, 0.3) is 0 Å². The lowest BCUT2D eigenvalue weighted by atomic mass is 9.95. The van der Waals surface area contributed by atoms with Crippen LogP contribution in [0.3, 0.4) is 0 Å². The smallest absolute Gasteiger partial charge is 0.234 e. The van der Waals surface area contributed by atoms with Gasteiger partial charge in [0.1, 0.15) is 0 Å². The second kappa shape index (κ2) is 7.82. The third kappa shape index (κ3) is 4.71. The number of nitrogens with one attached hydrogen (secondary N) is 1. The van der Waals surface area contributed by atoms with Gasteiger partial charge in [-0.3, -0.25) is 9.69 Å². The van der Waals surface area contributed by atoms with Crippen molar-refractivity contribution < 1.29 is 4.79 Å². The molecule has 126 valence electrons. The van der Waals surface area contributed by atoms with Crippen LogP contribution in [-0.4, -0.2) is 49.6 Å². The standard InChI is InChI=1S/C19H29N3O/c1-16-6-5-9-18(14-16)22-12-10-21(11-13-22)15-19(23)20-17-7-3-2-4-8-17/h5-6,9,14,17H,2-4,7-8,10-13,15H2,1H3,(H,20,23). The molecule has 4 heteroatoms. The quantitative estimate of drug-likeness (QED) is 0.927.